The number of para-hydroxylation sites is 1. The van der Waals surface area contributed by atoms with Gasteiger partial charge in [-0.15, -0.1) is 0 Å². The molecule has 0 spiro atoms. The summed E-state index contributed by atoms with van der Waals surface area (Å²) in [5, 5.41) is 5.76. The summed E-state index contributed by atoms with van der Waals surface area (Å²) >= 11 is 0. The average molecular weight is 359 g/mol. The second-order valence-electron chi connectivity index (χ2n) is 7.65. The van der Waals surface area contributed by atoms with Crippen LogP contribution in [0.2, 0.25) is 0 Å². The Bertz CT molecular complexity index is 566. The summed E-state index contributed by atoms with van der Waals surface area (Å²) in [6.45, 7) is 3.88. The van der Waals surface area contributed by atoms with Gasteiger partial charge < -0.3 is 10.6 Å². The molecule has 4 heteroatoms. The Hall–Kier alpha value is -1.84. The van der Waals surface area contributed by atoms with Crippen molar-refractivity contribution >= 4 is 17.5 Å². The van der Waals surface area contributed by atoms with Crippen molar-refractivity contribution in [2.75, 3.05) is 5.32 Å². The van der Waals surface area contributed by atoms with Gasteiger partial charge in [0, 0.05) is 11.7 Å². The summed E-state index contributed by atoms with van der Waals surface area (Å²) in [6, 6.07) is 5.94. The Morgan fingerprint density at radius 2 is 1.23 bits per heavy atom. The summed E-state index contributed by atoms with van der Waals surface area (Å²) in [7, 11) is 0. The average Bonchev–Trinajstić information content (AvgIpc) is 2.60. The number of benzene rings is 1. The molecule has 0 heterocycles. The zero-order valence-corrected chi connectivity index (χ0v) is 16.4. The number of amides is 2. The van der Waals surface area contributed by atoms with Gasteiger partial charge >= 0.3 is 11.8 Å². The van der Waals surface area contributed by atoms with E-state index in [2.05, 4.69) is 10.6 Å². The quantitative estimate of drug-likeness (QED) is 0.728. The third-order valence-electron chi connectivity index (χ3n) is 5.37. The normalized spacial score (nSPS) is 17.6. The van der Waals surface area contributed by atoms with Crippen molar-refractivity contribution in [3.8, 4) is 0 Å². The van der Waals surface area contributed by atoms with Crippen molar-refractivity contribution in [1.29, 1.82) is 0 Å². The maximum atomic E-state index is 12.4. The molecule has 1 aliphatic carbocycles. The van der Waals surface area contributed by atoms with Crippen LogP contribution >= 0.6 is 0 Å². The number of hydrogen-bond acceptors (Lipinski definition) is 2. The molecule has 1 saturated carbocycles. The highest BCUT2D eigenvalue weighted by Crippen LogP contribution is 2.20. The fourth-order valence-electron chi connectivity index (χ4n) is 3.74. The molecule has 0 saturated heterocycles. The predicted molar refractivity (Wildman–Crippen MR) is 107 cm³/mol. The second kappa shape index (κ2) is 11.0. The van der Waals surface area contributed by atoms with E-state index >= 15 is 0 Å². The fourth-order valence-corrected chi connectivity index (χ4v) is 3.74. The number of nitrogens with one attached hydrogen (secondary N) is 2. The minimum absolute atomic E-state index is 0.116. The first-order chi connectivity index (χ1) is 12.6. The van der Waals surface area contributed by atoms with E-state index in [9.17, 15) is 9.59 Å². The Balaban J connectivity index is 1.89. The summed E-state index contributed by atoms with van der Waals surface area (Å²) in [4.78, 5) is 24.7. The number of aryl methyl sites for hydroxylation is 2. The molecule has 1 aromatic rings. The van der Waals surface area contributed by atoms with Crippen LogP contribution in [-0.2, 0) is 9.59 Å². The molecule has 26 heavy (non-hydrogen) atoms. The second-order valence-corrected chi connectivity index (χ2v) is 7.65. The van der Waals surface area contributed by atoms with Gasteiger partial charge in [-0.2, -0.15) is 0 Å². The first-order valence-corrected chi connectivity index (χ1v) is 10.3. The number of carbonyl (C=O) groups is 2. The van der Waals surface area contributed by atoms with E-state index < -0.39 is 11.8 Å². The molecular formula is C22H34N2O2. The fraction of sp³-hybridized carbons (Fsp3) is 0.636. The molecule has 1 aromatic carbocycles. The molecule has 2 N–H and O–H groups in total. The molecular weight excluding hydrogens is 324 g/mol. The first-order valence-electron chi connectivity index (χ1n) is 10.3. The van der Waals surface area contributed by atoms with E-state index in [4.69, 9.17) is 0 Å². The first kappa shape index (κ1) is 20.5. The summed E-state index contributed by atoms with van der Waals surface area (Å²) in [5.41, 5.74) is 2.68. The van der Waals surface area contributed by atoms with Crippen molar-refractivity contribution in [3.05, 3.63) is 29.3 Å². The van der Waals surface area contributed by atoms with Gasteiger partial charge in [-0.25, -0.2) is 0 Å². The summed E-state index contributed by atoms with van der Waals surface area (Å²) < 4.78 is 0. The van der Waals surface area contributed by atoms with Gasteiger partial charge in [-0.3, -0.25) is 9.59 Å². The minimum Gasteiger partial charge on any atom is -0.345 e. The van der Waals surface area contributed by atoms with Crippen LogP contribution < -0.4 is 10.6 Å². The molecule has 0 radical (unpaired) electrons. The molecule has 144 valence electrons. The minimum atomic E-state index is -0.562. The molecule has 2 amide bonds. The number of rotatable bonds is 2. The Kier molecular flexibility index (Phi) is 8.66. The molecule has 0 aromatic heterocycles. The van der Waals surface area contributed by atoms with Gasteiger partial charge in [0.25, 0.3) is 0 Å². The van der Waals surface area contributed by atoms with Crippen molar-refractivity contribution in [1.82, 2.24) is 5.32 Å². The van der Waals surface area contributed by atoms with Gasteiger partial charge in [-0.05, 0) is 37.8 Å². The lowest BCUT2D eigenvalue weighted by Gasteiger charge is -2.19. The van der Waals surface area contributed by atoms with Crippen LogP contribution in [-0.4, -0.2) is 17.9 Å². The van der Waals surface area contributed by atoms with Crippen molar-refractivity contribution in [2.45, 2.75) is 90.5 Å². The number of hydrogen-bond donors (Lipinski definition) is 2. The Morgan fingerprint density at radius 3 is 1.73 bits per heavy atom. The predicted octanol–water partition coefficient (Wildman–Crippen LogP) is 5.03. The maximum Gasteiger partial charge on any atom is 0.313 e. The monoisotopic (exact) mass is 358 g/mol. The van der Waals surface area contributed by atoms with E-state index in [1.165, 1.54) is 44.9 Å². The van der Waals surface area contributed by atoms with Crippen LogP contribution in [0.25, 0.3) is 0 Å². The molecule has 2 rings (SSSR count). The van der Waals surface area contributed by atoms with Gasteiger partial charge in [0.05, 0.1) is 0 Å². The largest absolute Gasteiger partial charge is 0.345 e. The van der Waals surface area contributed by atoms with Crippen molar-refractivity contribution in [2.24, 2.45) is 0 Å². The third kappa shape index (κ3) is 6.81. The van der Waals surface area contributed by atoms with Gasteiger partial charge in [-0.1, -0.05) is 76.0 Å². The van der Waals surface area contributed by atoms with Crippen LogP contribution in [0.1, 0.15) is 81.8 Å². The van der Waals surface area contributed by atoms with Crippen LogP contribution in [0, 0.1) is 13.8 Å². The zero-order valence-electron chi connectivity index (χ0n) is 16.4. The van der Waals surface area contributed by atoms with Crippen LogP contribution in [0.5, 0.6) is 0 Å². The van der Waals surface area contributed by atoms with Gasteiger partial charge in [0.2, 0.25) is 0 Å². The van der Waals surface area contributed by atoms with Crippen molar-refractivity contribution < 1.29 is 9.59 Å². The Labute approximate surface area is 158 Å². The smallest absolute Gasteiger partial charge is 0.313 e. The lowest BCUT2D eigenvalue weighted by Crippen LogP contribution is -2.42. The summed E-state index contributed by atoms with van der Waals surface area (Å²) in [6.07, 6.45) is 13.2. The topological polar surface area (TPSA) is 58.2 Å². The van der Waals surface area contributed by atoms with Gasteiger partial charge in [0.1, 0.15) is 0 Å². The zero-order chi connectivity index (χ0) is 18.8. The SMILES string of the molecule is Cc1cccc(C)c1NC(=O)C(=O)NC1CCCCCCCCCCC1. The lowest BCUT2D eigenvalue weighted by atomic mass is 9.98. The van der Waals surface area contributed by atoms with Gasteiger partial charge in [0.15, 0.2) is 0 Å². The molecule has 0 atom stereocenters. The maximum absolute atomic E-state index is 12.4. The molecule has 0 aliphatic heterocycles. The molecule has 0 bridgehead atoms. The molecule has 0 unspecified atom stereocenters. The highest BCUT2D eigenvalue weighted by atomic mass is 16.2. The van der Waals surface area contributed by atoms with Crippen LogP contribution in [0.4, 0.5) is 5.69 Å². The Morgan fingerprint density at radius 1 is 0.769 bits per heavy atom. The summed E-state index contributed by atoms with van der Waals surface area (Å²) in [5.74, 6) is -1.07. The number of anilines is 1. The molecule has 4 nitrogen and oxygen atoms in total. The van der Waals surface area contributed by atoms with E-state index in [1.807, 2.05) is 32.0 Å². The van der Waals surface area contributed by atoms with E-state index in [0.29, 0.717) is 0 Å². The van der Waals surface area contributed by atoms with Crippen molar-refractivity contribution in [3.63, 3.8) is 0 Å². The third-order valence-corrected chi connectivity index (χ3v) is 5.37. The van der Waals surface area contributed by atoms with E-state index in [0.717, 1.165) is 42.5 Å². The van der Waals surface area contributed by atoms with E-state index in [1.54, 1.807) is 0 Å². The standard InChI is InChI=1S/C22H34N2O2/c1-17-13-12-14-18(2)20(17)24-22(26)21(25)23-19-15-10-8-6-4-3-5-7-9-11-16-19/h12-14,19H,3-11,15-16H2,1-2H3,(H,23,25)(H,24,26). The highest BCUT2D eigenvalue weighted by molar-refractivity contribution is 6.39. The van der Waals surface area contributed by atoms with Crippen LogP contribution in [0.15, 0.2) is 18.2 Å². The lowest BCUT2D eigenvalue weighted by molar-refractivity contribution is -0.136. The highest BCUT2D eigenvalue weighted by Gasteiger charge is 2.19. The molecule has 1 fully saturated rings. The van der Waals surface area contributed by atoms with Crippen LogP contribution in [0.3, 0.4) is 0 Å². The van der Waals surface area contributed by atoms with E-state index in [-0.39, 0.29) is 6.04 Å². The molecule has 1 aliphatic rings. The number of carbonyl (C=O) groups excluding carboxylic acids is 2.